The van der Waals surface area contributed by atoms with Crippen LogP contribution in [0, 0.1) is 12.3 Å². The fourth-order valence-electron chi connectivity index (χ4n) is 4.88. The van der Waals surface area contributed by atoms with Gasteiger partial charge in [-0.25, -0.2) is 14.5 Å². The molecule has 1 saturated heterocycles. The average molecular weight is 658 g/mol. The SMILES string of the molecule is C#C[C@@]1(F)[C@H](O)[C@@H](CO[P@@](=S)(N[C@@H](C)C(=O)OC(C)C)Oc2cccc3ccccc23)O[C@H]1n1cnc2c(NC)nc(N)nc21. The van der Waals surface area contributed by atoms with Crippen molar-refractivity contribution < 1.29 is 32.8 Å². The van der Waals surface area contributed by atoms with Gasteiger partial charge in [0.1, 0.15) is 24.0 Å². The van der Waals surface area contributed by atoms with Crippen molar-refractivity contribution in [3.05, 3.63) is 48.8 Å². The Morgan fingerprint density at radius 1 is 1.29 bits per heavy atom. The van der Waals surface area contributed by atoms with Crippen LogP contribution < -0.4 is 20.7 Å². The third-order valence-electron chi connectivity index (χ3n) is 7.03. The average Bonchev–Trinajstić information content (AvgIpc) is 3.53. The first kappa shape index (κ1) is 32.5. The van der Waals surface area contributed by atoms with Gasteiger partial charge in [-0.1, -0.05) is 42.3 Å². The molecule has 0 saturated carbocycles. The lowest BCUT2D eigenvalue weighted by Crippen LogP contribution is -2.42. The fraction of sp³-hybridized carbons (Fsp3) is 0.379. The van der Waals surface area contributed by atoms with E-state index in [1.807, 2.05) is 36.3 Å². The van der Waals surface area contributed by atoms with Crippen molar-refractivity contribution >= 4 is 58.1 Å². The van der Waals surface area contributed by atoms with Gasteiger partial charge in [-0.05, 0) is 44.0 Å². The van der Waals surface area contributed by atoms with Crippen LogP contribution in [-0.2, 0) is 30.6 Å². The summed E-state index contributed by atoms with van der Waals surface area (Å²) in [6, 6.07) is 12.0. The van der Waals surface area contributed by atoms with Gasteiger partial charge in [0.05, 0.1) is 19.0 Å². The van der Waals surface area contributed by atoms with Crippen molar-refractivity contribution in [1.82, 2.24) is 24.6 Å². The molecule has 5 rings (SSSR count). The molecule has 0 spiro atoms. The number of benzene rings is 2. The van der Waals surface area contributed by atoms with Crippen molar-refractivity contribution in [3.8, 4) is 18.1 Å². The third-order valence-corrected chi connectivity index (χ3v) is 9.51. The molecule has 0 bridgehead atoms. The molecular formula is C29H33FN7O6PS. The number of hydrogen-bond donors (Lipinski definition) is 4. The molecule has 3 heterocycles. The summed E-state index contributed by atoms with van der Waals surface area (Å²) in [5, 5.41) is 18.6. The molecule has 45 heavy (non-hydrogen) atoms. The maximum absolute atomic E-state index is 16.4. The second-order valence-electron chi connectivity index (χ2n) is 10.6. The molecule has 0 unspecified atom stereocenters. The lowest BCUT2D eigenvalue weighted by atomic mass is 9.97. The van der Waals surface area contributed by atoms with Crippen LogP contribution >= 0.6 is 6.64 Å². The number of carbonyl (C=O) groups excluding carboxylic acids is 1. The number of aliphatic hydroxyl groups excluding tert-OH is 1. The number of alkyl halides is 1. The van der Waals surface area contributed by atoms with Crippen molar-refractivity contribution in [2.45, 2.75) is 57.0 Å². The fourth-order valence-corrected chi connectivity index (χ4v) is 7.30. The number of nitrogens with two attached hydrogens (primary N) is 1. The molecule has 0 aliphatic carbocycles. The summed E-state index contributed by atoms with van der Waals surface area (Å²) in [7, 11) is 1.62. The molecule has 238 valence electrons. The first-order chi connectivity index (χ1) is 21.4. The van der Waals surface area contributed by atoms with E-state index in [0.717, 1.165) is 10.8 Å². The highest BCUT2D eigenvalue weighted by molar-refractivity contribution is 8.09. The van der Waals surface area contributed by atoms with Gasteiger partial charge in [0.15, 0.2) is 23.2 Å². The first-order valence-corrected chi connectivity index (χ1v) is 16.6. The Hall–Kier alpha value is -3.90. The number of aromatic nitrogens is 4. The van der Waals surface area contributed by atoms with E-state index in [0.29, 0.717) is 11.6 Å². The van der Waals surface area contributed by atoms with E-state index in [9.17, 15) is 9.90 Å². The van der Waals surface area contributed by atoms with Crippen LogP contribution in [0.15, 0.2) is 48.8 Å². The van der Waals surface area contributed by atoms with Crippen LogP contribution in [0.3, 0.4) is 0 Å². The van der Waals surface area contributed by atoms with E-state index in [1.54, 1.807) is 40.0 Å². The zero-order valence-corrected chi connectivity index (χ0v) is 26.6. The van der Waals surface area contributed by atoms with Gasteiger partial charge in [-0.15, -0.1) is 6.42 Å². The predicted molar refractivity (Wildman–Crippen MR) is 171 cm³/mol. The lowest BCUT2D eigenvalue weighted by molar-refractivity contribution is -0.149. The third kappa shape index (κ3) is 6.44. The largest absolute Gasteiger partial charge is 0.462 e. The zero-order chi connectivity index (χ0) is 32.5. The molecule has 5 N–H and O–H groups in total. The summed E-state index contributed by atoms with van der Waals surface area (Å²) >= 11 is 5.85. The Kier molecular flexibility index (Phi) is 9.27. The van der Waals surface area contributed by atoms with Gasteiger partial charge in [0.2, 0.25) is 11.6 Å². The minimum absolute atomic E-state index is 0.0975. The Labute approximate surface area is 263 Å². The van der Waals surface area contributed by atoms with Gasteiger partial charge in [-0.3, -0.25) is 9.36 Å². The summed E-state index contributed by atoms with van der Waals surface area (Å²) in [6.45, 7) is 0.922. The number of ether oxygens (including phenoxy) is 2. The van der Waals surface area contributed by atoms with Crippen LogP contribution in [0.5, 0.6) is 5.75 Å². The van der Waals surface area contributed by atoms with Gasteiger partial charge in [-0.2, -0.15) is 9.97 Å². The highest BCUT2D eigenvalue weighted by Crippen LogP contribution is 2.49. The number of imidazole rings is 1. The number of esters is 1. The normalized spacial score (nSPS) is 23.5. The summed E-state index contributed by atoms with van der Waals surface area (Å²) in [4.78, 5) is 25.2. The van der Waals surface area contributed by atoms with Gasteiger partial charge < -0.3 is 34.7 Å². The van der Waals surface area contributed by atoms with Gasteiger partial charge in [0, 0.05) is 12.4 Å². The van der Waals surface area contributed by atoms with Crippen molar-refractivity contribution in [1.29, 1.82) is 0 Å². The van der Waals surface area contributed by atoms with E-state index in [1.165, 1.54) is 10.9 Å². The molecule has 16 heteroatoms. The number of nitrogen functional groups attached to an aromatic ring is 1. The number of nitrogens with one attached hydrogen (secondary N) is 2. The molecule has 13 nitrogen and oxygen atoms in total. The molecule has 0 radical (unpaired) electrons. The minimum Gasteiger partial charge on any atom is -0.462 e. The Morgan fingerprint density at radius 2 is 2.02 bits per heavy atom. The Bertz CT molecular complexity index is 1810. The van der Waals surface area contributed by atoms with E-state index in [-0.39, 0.29) is 23.2 Å². The van der Waals surface area contributed by atoms with Crippen molar-refractivity contribution in [2.75, 3.05) is 24.7 Å². The molecule has 1 aliphatic rings. The quantitative estimate of drug-likeness (QED) is 0.105. The van der Waals surface area contributed by atoms with Crippen molar-refractivity contribution in [3.63, 3.8) is 0 Å². The summed E-state index contributed by atoms with van der Waals surface area (Å²) in [5.41, 5.74) is 3.54. The van der Waals surface area contributed by atoms with Gasteiger partial charge >= 0.3 is 12.6 Å². The van der Waals surface area contributed by atoms with Gasteiger partial charge in [0.25, 0.3) is 0 Å². The topological polar surface area (TPSA) is 168 Å². The van der Waals surface area contributed by atoms with Crippen LogP contribution in [0.2, 0.25) is 0 Å². The maximum atomic E-state index is 16.4. The molecule has 1 aliphatic heterocycles. The number of hydrogen-bond acceptors (Lipinski definition) is 12. The summed E-state index contributed by atoms with van der Waals surface area (Å²) in [5.74, 6) is 2.05. The number of terminal acetylenes is 1. The second-order valence-corrected chi connectivity index (χ2v) is 13.7. The highest BCUT2D eigenvalue weighted by atomic mass is 32.5. The zero-order valence-electron chi connectivity index (χ0n) is 24.9. The van der Waals surface area contributed by atoms with Crippen LogP contribution in [0.25, 0.3) is 21.9 Å². The van der Waals surface area contributed by atoms with E-state index in [2.05, 4.69) is 25.4 Å². The van der Waals surface area contributed by atoms with E-state index < -0.39 is 49.4 Å². The van der Waals surface area contributed by atoms with Crippen LogP contribution in [0.1, 0.15) is 27.0 Å². The number of halogens is 1. The lowest BCUT2D eigenvalue weighted by Gasteiger charge is -2.28. The molecule has 0 amide bonds. The molecule has 2 aromatic heterocycles. The summed E-state index contributed by atoms with van der Waals surface area (Å²) < 4.78 is 41.3. The van der Waals surface area contributed by atoms with E-state index >= 15 is 4.39 Å². The van der Waals surface area contributed by atoms with Crippen molar-refractivity contribution in [2.24, 2.45) is 0 Å². The van der Waals surface area contributed by atoms with Crippen LogP contribution in [-0.4, -0.2) is 74.3 Å². The first-order valence-electron chi connectivity index (χ1n) is 14.0. The maximum Gasteiger partial charge on any atom is 0.323 e. The molecule has 1 fully saturated rings. The minimum atomic E-state index is -3.61. The molecule has 2 aromatic carbocycles. The Balaban J connectivity index is 1.44. The molecule has 6 atom stereocenters. The highest BCUT2D eigenvalue weighted by Gasteiger charge is 2.58. The molecule has 4 aromatic rings. The number of nitrogens with zero attached hydrogens (tertiary/aromatic N) is 4. The number of carbonyl (C=O) groups is 1. The smallest absolute Gasteiger partial charge is 0.323 e. The molecular weight excluding hydrogens is 624 g/mol. The number of aliphatic hydroxyl groups is 1. The van der Waals surface area contributed by atoms with Crippen LogP contribution in [0.4, 0.5) is 16.2 Å². The number of fused-ring (bicyclic) bond motifs is 2. The number of anilines is 2. The number of rotatable bonds is 11. The standard InChI is InChI=1S/C29H33FN7O6PS/c1-6-29(30)23(38)21(42-27(29)37-15-33-22-24(32-5)34-28(31)35-25(22)37)14-40-44(45,36-17(4)26(39)41-16(2)3)43-20-13-9-11-18-10-7-8-12-19(18)20/h1,7-13,15-17,21,23,27,38H,14H2,2-5H3,(H,36,45)(H3,31,32,34,35)/t17-,21+,23+,27+,29+,44-/m0/s1. The predicted octanol–water partition coefficient (Wildman–Crippen LogP) is 3.45. The monoisotopic (exact) mass is 657 g/mol. The van der Waals surface area contributed by atoms with E-state index in [4.69, 9.17) is 42.5 Å². The second kappa shape index (κ2) is 12.8. The Morgan fingerprint density at radius 3 is 2.73 bits per heavy atom. The summed E-state index contributed by atoms with van der Waals surface area (Å²) in [6.07, 6.45) is 1.75.